The summed E-state index contributed by atoms with van der Waals surface area (Å²) in [6, 6.07) is 0. The van der Waals surface area contributed by atoms with Crippen LogP contribution in [0.5, 0.6) is 0 Å². The van der Waals surface area contributed by atoms with Crippen molar-refractivity contribution in [3.63, 3.8) is 0 Å². The fourth-order valence-electron chi connectivity index (χ4n) is 2.84. The Morgan fingerprint density at radius 1 is 1.22 bits per heavy atom. The number of ketones is 1. The van der Waals surface area contributed by atoms with Gasteiger partial charge in [0.1, 0.15) is 5.69 Å². The van der Waals surface area contributed by atoms with Gasteiger partial charge in [-0.2, -0.15) is 0 Å². The van der Waals surface area contributed by atoms with Crippen molar-refractivity contribution in [2.45, 2.75) is 45.4 Å². The number of nitrogens with zero attached hydrogens (tertiary/aromatic N) is 2. The molecular formula is C14H20N2OS. The van der Waals surface area contributed by atoms with Crippen LogP contribution in [0.2, 0.25) is 0 Å². The normalized spacial score (nSPS) is 24.8. The van der Waals surface area contributed by atoms with Gasteiger partial charge >= 0.3 is 0 Å². The van der Waals surface area contributed by atoms with Gasteiger partial charge in [-0.25, -0.2) is 4.98 Å². The lowest BCUT2D eigenvalue weighted by Gasteiger charge is -2.18. The van der Waals surface area contributed by atoms with Crippen LogP contribution < -0.4 is 4.90 Å². The summed E-state index contributed by atoms with van der Waals surface area (Å²) in [5.74, 6) is 1.08. The Morgan fingerprint density at radius 3 is 2.94 bits per heavy atom. The molecule has 2 aliphatic rings. The minimum atomic E-state index is 0.252. The second-order valence-electron chi connectivity index (χ2n) is 5.57. The van der Waals surface area contributed by atoms with E-state index in [4.69, 9.17) is 0 Å². The standard InChI is InChI=1S/C14H20N2OS/c1-10-4-3-8-16(9-7-10)14-15-13-11(17)5-2-6-12(13)18-14/h10H,2-9H2,1H3. The second kappa shape index (κ2) is 5.00. The highest BCUT2D eigenvalue weighted by Gasteiger charge is 2.25. The summed E-state index contributed by atoms with van der Waals surface area (Å²) in [4.78, 5) is 20.1. The van der Waals surface area contributed by atoms with Crippen LogP contribution in [0.4, 0.5) is 5.13 Å². The fraction of sp³-hybridized carbons (Fsp3) is 0.714. The van der Waals surface area contributed by atoms with Crippen LogP contribution in [0.3, 0.4) is 0 Å². The Kier molecular flexibility index (Phi) is 3.37. The average molecular weight is 264 g/mol. The lowest BCUT2D eigenvalue weighted by molar-refractivity contribution is 0.0968. The molecule has 0 N–H and O–H groups in total. The molecule has 1 aliphatic carbocycles. The third-order valence-corrected chi connectivity index (χ3v) is 5.22. The van der Waals surface area contributed by atoms with Crippen molar-refractivity contribution in [2.24, 2.45) is 5.92 Å². The first-order valence-corrected chi connectivity index (χ1v) is 7.83. The van der Waals surface area contributed by atoms with E-state index in [1.807, 2.05) is 0 Å². The van der Waals surface area contributed by atoms with E-state index in [1.165, 1.54) is 24.1 Å². The molecule has 3 rings (SSSR count). The molecule has 1 aromatic heterocycles. The molecule has 0 saturated carbocycles. The molecule has 1 fully saturated rings. The monoisotopic (exact) mass is 264 g/mol. The van der Waals surface area contributed by atoms with Crippen molar-refractivity contribution in [1.82, 2.24) is 4.98 Å². The molecule has 3 nitrogen and oxygen atoms in total. The van der Waals surface area contributed by atoms with Crippen LogP contribution in [0.25, 0.3) is 0 Å². The van der Waals surface area contributed by atoms with Gasteiger partial charge in [-0.3, -0.25) is 4.79 Å². The van der Waals surface area contributed by atoms with E-state index < -0.39 is 0 Å². The first kappa shape index (κ1) is 12.2. The van der Waals surface area contributed by atoms with Gasteiger partial charge in [0.25, 0.3) is 0 Å². The van der Waals surface area contributed by atoms with E-state index in [-0.39, 0.29) is 5.78 Å². The van der Waals surface area contributed by atoms with Gasteiger partial charge in [0.15, 0.2) is 10.9 Å². The molecule has 1 atom stereocenters. The number of rotatable bonds is 1. The third kappa shape index (κ3) is 2.30. The van der Waals surface area contributed by atoms with Gasteiger partial charge in [0.2, 0.25) is 0 Å². The van der Waals surface area contributed by atoms with Gasteiger partial charge in [-0.1, -0.05) is 6.92 Å². The highest BCUT2D eigenvalue weighted by atomic mass is 32.1. The van der Waals surface area contributed by atoms with E-state index in [0.29, 0.717) is 6.42 Å². The lowest BCUT2D eigenvalue weighted by Crippen LogP contribution is -2.24. The Balaban J connectivity index is 1.82. The minimum absolute atomic E-state index is 0.252. The molecule has 0 radical (unpaired) electrons. The second-order valence-corrected chi connectivity index (χ2v) is 6.63. The summed E-state index contributed by atoms with van der Waals surface area (Å²) in [5.41, 5.74) is 0.776. The molecule has 98 valence electrons. The smallest absolute Gasteiger partial charge is 0.186 e. The predicted octanol–water partition coefficient (Wildman–Crippen LogP) is 3.29. The van der Waals surface area contributed by atoms with E-state index in [9.17, 15) is 4.79 Å². The number of fused-ring (bicyclic) bond motifs is 1. The van der Waals surface area contributed by atoms with Crippen molar-refractivity contribution < 1.29 is 4.79 Å². The highest BCUT2D eigenvalue weighted by molar-refractivity contribution is 7.16. The maximum atomic E-state index is 11.8. The van der Waals surface area contributed by atoms with Crippen LogP contribution in [0, 0.1) is 5.92 Å². The summed E-state index contributed by atoms with van der Waals surface area (Å²) in [5, 5.41) is 1.09. The topological polar surface area (TPSA) is 33.2 Å². The Labute approximate surface area is 112 Å². The van der Waals surface area contributed by atoms with E-state index in [2.05, 4.69) is 16.8 Å². The third-order valence-electron chi connectivity index (χ3n) is 4.05. The van der Waals surface area contributed by atoms with E-state index in [0.717, 1.165) is 42.7 Å². The average Bonchev–Trinajstić information content (AvgIpc) is 2.67. The molecule has 1 saturated heterocycles. The first-order chi connectivity index (χ1) is 8.74. The van der Waals surface area contributed by atoms with Crippen LogP contribution >= 0.6 is 11.3 Å². The number of aromatic nitrogens is 1. The van der Waals surface area contributed by atoms with Crippen LogP contribution in [-0.4, -0.2) is 23.9 Å². The molecule has 0 amide bonds. The molecule has 4 heteroatoms. The fourth-order valence-corrected chi connectivity index (χ4v) is 4.02. The zero-order valence-corrected chi connectivity index (χ0v) is 11.8. The summed E-state index contributed by atoms with van der Waals surface area (Å²) in [6.45, 7) is 4.53. The van der Waals surface area contributed by atoms with Crippen molar-refractivity contribution >= 4 is 22.3 Å². The Hall–Kier alpha value is -0.900. The molecule has 0 bridgehead atoms. The molecule has 18 heavy (non-hydrogen) atoms. The lowest BCUT2D eigenvalue weighted by atomic mass is 10.0. The molecule has 0 spiro atoms. The Bertz CT molecular complexity index is 455. The summed E-state index contributed by atoms with van der Waals surface area (Å²) < 4.78 is 0. The molecular weight excluding hydrogens is 244 g/mol. The molecule has 0 aromatic carbocycles. The van der Waals surface area contributed by atoms with Gasteiger partial charge in [0.05, 0.1) is 0 Å². The van der Waals surface area contributed by atoms with E-state index in [1.54, 1.807) is 11.3 Å². The van der Waals surface area contributed by atoms with Gasteiger partial charge in [-0.05, 0) is 38.0 Å². The van der Waals surface area contributed by atoms with Crippen molar-refractivity contribution in [2.75, 3.05) is 18.0 Å². The van der Waals surface area contributed by atoms with Crippen LogP contribution in [0.15, 0.2) is 0 Å². The number of aryl methyl sites for hydroxylation is 1. The number of carbonyl (C=O) groups is 1. The maximum Gasteiger partial charge on any atom is 0.186 e. The summed E-state index contributed by atoms with van der Waals surface area (Å²) >= 11 is 1.75. The molecule has 1 unspecified atom stereocenters. The molecule has 1 aromatic rings. The SMILES string of the molecule is CC1CCCN(c2nc3c(s2)CCCC3=O)CC1. The van der Waals surface area contributed by atoms with Crippen molar-refractivity contribution in [3.05, 3.63) is 10.6 Å². The predicted molar refractivity (Wildman–Crippen MR) is 74.6 cm³/mol. The van der Waals surface area contributed by atoms with Gasteiger partial charge in [0, 0.05) is 24.4 Å². The Morgan fingerprint density at radius 2 is 2.11 bits per heavy atom. The van der Waals surface area contributed by atoms with Gasteiger partial charge < -0.3 is 4.90 Å². The maximum absolute atomic E-state index is 11.8. The number of Topliss-reactive ketones (excluding diaryl/α,β-unsaturated/α-hetero) is 1. The summed E-state index contributed by atoms with van der Waals surface area (Å²) in [6.07, 6.45) is 6.55. The minimum Gasteiger partial charge on any atom is -0.348 e. The zero-order valence-electron chi connectivity index (χ0n) is 10.9. The van der Waals surface area contributed by atoms with Crippen molar-refractivity contribution in [3.8, 4) is 0 Å². The van der Waals surface area contributed by atoms with Crippen LogP contribution in [0.1, 0.15) is 54.4 Å². The van der Waals surface area contributed by atoms with Crippen LogP contribution in [-0.2, 0) is 6.42 Å². The number of hydrogen-bond acceptors (Lipinski definition) is 4. The first-order valence-electron chi connectivity index (χ1n) is 7.02. The number of carbonyl (C=O) groups excluding carboxylic acids is 1. The van der Waals surface area contributed by atoms with E-state index >= 15 is 0 Å². The number of anilines is 1. The molecule has 1 aliphatic heterocycles. The highest BCUT2D eigenvalue weighted by Crippen LogP contribution is 2.33. The quantitative estimate of drug-likeness (QED) is 0.780. The largest absolute Gasteiger partial charge is 0.348 e. The number of hydrogen-bond donors (Lipinski definition) is 0. The number of thiazole rings is 1. The zero-order chi connectivity index (χ0) is 12.5. The molecule has 2 heterocycles. The van der Waals surface area contributed by atoms with Gasteiger partial charge in [-0.15, -0.1) is 11.3 Å². The summed E-state index contributed by atoms with van der Waals surface area (Å²) in [7, 11) is 0. The van der Waals surface area contributed by atoms with Crippen molar-refractivity contribution in [1.29, 1.82) is 0 Å².